The number of methoxy groups -OCH3 is 2. The molecule has 0 aliphatic carbocycles. The lowest BCUT2D eigenvalue weighted by molar-refractivity contribution is -0.385. The van der Waals surface area contributed by atoms with E-state index in [1.165, 1.54) is 50.6 Å². The van der Waals surface area contributed by atoms with Gasteiger partial charge in [-0.2, -0.15) is 0 Å². The summed E-state index contributed by atoms with van der Waals surface area (Å²) in [6, 6.07) is 10.1. The van der Waals surface area contributed by atoms with Gasteiger partial charge < -0.3 is 20.1 Å². The Kier molecular flexibility index (Phi) is 6.96. The molecule has 1 aromatic heterocycles. The minimum Gasteiger partial charge on any atom is -0.495 e. The number of hydrogen-bond acceptors (Lipinski definition) is 9. The number of nitrogens with zero attached hydrogens (tertiary/aromatic N) is 3. The Morgan fingerprint density at radius 1 is 0.794 bits per heavy atom. The van der Waals surface area contributed by atoms with Crippen LogP contribution < -0.4 is 20.1 Å². The van der Waals surface area contributed by atoms with Gasteiger partial charge in [0.2, 0.25) is 0 Å². The van der Waals surface area contributed by atoms with Crippen LogP contribution in [0.1, 0.15) is 20.8 Å². The number of benzene rings is 2. The second-order valence-corrected chi connectivity index (χ2v) is 6.62. The van der Waals surface area contributed by atoms with Gasteiger partial charge in [0.1, 0.15) is 17.2 Å². The van der Waals surface area contributed by atoms with E-state index in [0.717, 1.165) is 18.3 Å². The second kappa shape index (κ2) is 10.0. The first-order valence-electron chi connectivity index (χ1n) is 9.47. The van der Waals surface area contributed by atoms with Crippen LogP contribution >= 0.6 is 0 Å². The largest absolute Gasteiger partial charge is 0.495 e. The molecule has 2 N–H and O–H groups in total. The molecule has 2 aromatic carbocycles. The van der Waals surface area contributed by atoms with Crippen molar-refractivity contribution >= 4 is 34.6 Å². The van der Waals surface area contributed by atoms with Gasteiger partial charge in [0, 0.05) is 30.5 Å². The summed E-state index contributed by atoms with van der Waals surface area (Å²) in [6.45, 7) is 0. The maximum Gasteiger partial charge on any atom is 0.274 e. The van der Waals surface area contributed by atoms with Gasteiger partial charge in [0.05, 0.1) is 41.0 Å². The highest BCUT2D eigenvalue weighted by atomic mass is 16.6. The highest BCUT2D eigenvalue weighted by Crippen LogP contribution is 2.30. The van der Waals surface area contributed by atoms with Crippen molar-refractivity contribution in [2.75, 3.05) is 24.9 Å². The third-order valence-electron chi connectivity index (χ3n) is 4.54. The van der Waals surface area contributed by atoms with Gasteiger partial charge in [-0.3, -0.25) is 34.8 Å². The van der Waals surface area contributed by atoms with E-state index in [2.05, 4.69) is 15.6 Å². The van der Waals surface area contributed by atoms with E-state index in [9.17, 15) is 29.8 Å². The maximum absolute atomic E-state index is 12.6. The van der Waals surface area contributed by atoms with E-state index in [-0.39, 0.29) is 45.5 Å². The van der Waals surface area contributed by atoms with Crippen molar-refractivity contribution in [3.05, 3.63) is 86.2 Å². The molecule has 3 aromatic rings. The number of pyridine rings is 1. The molecule has 0 saturated carbocycles. The molecule has 0 bridgehead atoms. The number of non-ortho nitro benzene ring substituents is 2. The number of carbonyl (C=O) groups excluding carboxylic acids is 2. The van der Waals surface area contributed by atoms with Crippen LogP contribution in [0.4, 0.5) is 22.7 Å². The molecular weight excluding hydrogens is 450 g/mol. The first-order valence-corrected chi connectivity index (χ1v) is 9.47. The molecule has 3 rings (SSSR count). The minimum absolute atomic E-state index is 0.0676. The highest BCUT2D eigenvalue weighted by Gasteiger charge is 2.18. The second-order valence-electron chi connectivity index (χ2n) is 6.62. The number of amides is 2. The third kappa shape index (κ3) is 5.21. The summed E-state index contributed by atoms with van der Waals surface area (Å²) in [5.41, 5.74) is -0.328. The van der Waals surface area contributed by atoms with Crippen LogP contribution in [0.5, 0.6) is 11.5 Å². The molecule has 1 heterocycles. The van der Waals surface area contributed by atoms with Crippen molar-refractivity contribution in [3.8, 4) is 11.5 Å². The molecule has 0 aliphatic heterocycles. The zero-order valence-electron chi connectivity index (χ0n) is 17.8. The molecule has 0 radical (unpaired) electrons. The molecule has 0 atom stereocenters. The summed E-state index contributed by atoms with van der Waals surface area (Å²) in [4.78, 5) is 49.8. The zero-order valence-corrected chi connectivity index (χ0v) is 17.8. The fourth-order valence-electron chi connectivity index (χ4n) is 2.86. The highest BCUT2D eigenvalue weighted by molar-refractivity contribution is 6.07. The monoisotopic (exact) mass is 467 g/mol. The van der Waals surface area contributed by atoms with Gasteiger partial charge in [-0.1, -0.05) is 0 Å². The molecular formula is C21H17N5O8. The SMILES string of the molecule is COc1ccc([N+](=O)[O-])cc1NC(=O)c1ccc(C(=O)Nc2cc([N+](=O)[O-])ccc2OC)nc1. The Morgan fingerprint density at radius 2 is 1.29 bits per heavy atom. The van der Waals surface area contributed by atoms with Gasteiger partial charge in [-0.05, 0) is 24.3 Å². The predicted octanol–water partition coefficient (Wildman–Crippen LogP) is 3.42. The van der Waals surface area contributed by atoms with Gasteiger partial charge in [-0.15, -0.1) is 0 Å². The van der Waals surface area contributed by atoms with Gasteiger partial charge >= 0.3 is 0 Å². The average Bonchev–Trinajstić information content (AvgIpc) is 2.83. The van der Waals surface area contributed by atoms with Gasteiger partial charge in [-0.25, -0.2) is 0 Å². The quantitative estimate of drug-likeness (QED) is 0.371. The summed E-state index contributed by atoms with van der Waals surface area (Å²) in [5, 5.41) is 27.0. The van der Waals surface area contributed by atoms with Crippen LogP contribution in [0.25, 0.3) is 0 Å². The van der Waals surface area contributed by atoms with Crippen molar-refractivity contribution in [2.24, 2.45) is 0 Å². The van der Waals surface area contributed by atoms with E-state index >= 15 is 0 Å². The Bertz CT molecular complexity index is 1180. The summed E-state index contributed by atoms with van der Waals surface area (Å²) in [5.74, 6) is -0.903. The number of carbonyl (C=O) groups is 2. The van der Waals surface area contributed by atoms with E-state index < -0.39 is 21.7 Å². The number of hydrogen-bond donors (Lipinski definition) is 2. The van der Waals surface area contributed by atoms with E-state index in [0.29, 0.717) is 0 Å². The number of ether oxygens (including phenoxy) is 2. The van der Waals surface area contributed by atoms with Crippen LogP contribution in [0.2, 0.25) is 0 Å². The fraction of sp³-hybridized carbons (Fsp3) is 0.0952. The van der Waals surface area contributed by atoms with Crippen LogP contribution in [-0.4, -0.2) is 40.9 Å². The zero-order chi connectivity index (χ0) is 24.8. The Labute approximate surface area is 191 Å². The number of anilines is 2. The predicted molar refractivity (Wildman–Crippen MR) is 119 cm³/mol. The van der Waals surface area contributed by atoms with Crippen LogP contribution in [0.3, 0.4) is 0 Å². The molecule has 13 heteroatoms. The Morgan fingerprint density at radius 3 is 1.71 bits per heavy atom. The van der Waals surface area contributed by atoms with Gasteiger partial charge in [0.25, 0.3) is 23.2 Å². The maximum atomic E-state index is 12.6. The summed E-state index contributed by atoms with van der Waals surface area (Å²) in [7, 11) is 2.70. The lowest BCUT2D eigenvalue weighted by Gasteiger charge is -2.11. The summed E-state index contributed by atoms with van der Waals surface area (Å²) >= 11 is 0. The number of nitro groups is 2. The first-order chi connectivity index (χ1) is 16.2. The third-order valence-corrected chi connectivity index (χ3v) is 4.54. The van der Waals surface area contributed by atoms with E-state index in [1.54, 1.807) is 0 Å². The smallest absolute Gasteiger partial charge is 0.274 e. The normalized spacial score (nSPS) is 10.2. The van der Waals surface area contributed by atoms with Crippen molar-refractivity contribution in [2.45, 2.75) is 0 Å². The van der Waals surface area contributed by atoms with Gasteiger partial charge in [0.15, 0.2) is 0 Å². The topological polar surface area (TPSA) is 176 Å². The average molecular weight is 467 g/mol. The molecule has 2 amide bonds. The molecule has 0 spiro atoms. The fourth-order valence-corrected chi connectivity index (χ4v) is 2.86. The number of nitro benzene ring substituents is 2. The van der Waals surface area contributed by atoms with Crippen LogP contribution in [0, 0.1) is 20.2 Å². The van der Waals surface area contributed by atoms with Crippen molar-refractivity contribution < 1.29 is 28.9 Å². The minimum atomic E-state index is -0.689. The molecule has 174 valence electrons. The summed E-state index contributed by atoms with van der Waals surface area (Å²) < 4.78 is 10.2. The summed E-state index contributed by atoms with van der Waals surface area (Å²) in [6.07, 6.45) is 1.14. The Hall–Kier alpha value is -5.07. The van der Waals surface area contributed by atoms with Crippen LogP contribution in [-0.2, 0) is 0 Å². The molecule has 13 nitrogen and oxygen atoms in total. The molecule has 0 aliphatic rings. The molecule has 0 unspecified atom stereocenters. The number of rotatable bonds is 8. The van der Waals surface area contributed by atoms with E-state index in [4.69, 9.17) is 9.47 Å². The molecule has 0 saturated heterocycles. The standard InChI is InChI=1S/C21H17N5O8/c1-33-18-7-4-13(25(29)30)9-16(18)23-20(27)12-3-6-15(22-11-12)21(28)24-17-10-14(26(31)32)5-8-19(17)34-2/h3-11H,1-2H3,(H,23,27)(H,24,28). The van der Waals surface area contributed by atoms with Crippen LogP contribution in [0.15, 0.2) is 54.7 Å². The van der Waals surface area contributed by atoms with Crippen molar-refractivity contribution in [1.29, 1.82) is 0 Å². The van der Waals surface area contributed by atoms with Crippen molar-refractivity contribution in [3.63, 3.8) is 0 Å². The van der Waals surface area contributed by atoms with Crippen molar-refractivity contribution in [1.82, 2.24) is 4.98 Å². The number of nitrogens with one attached hydrogen (secondary N) is 2. The van der Waals surface area contributed by atoms with E-state index in [1.807, 2.05) is 0 Å². The first kappa shape index (κ1) is 23.6. The lowest BCUT2D eigenvalue weighted by atomic mass is 10.2. The lowest BCUT2D eigenvalue weighted by Crippen LogP contribution is -2.17. The Balaban J connectivity index is 1.77. The molecule has 0 fully saturated rings. The molecule has 34 heavy (non-hydrogen) atoms. The number of aromatic nitrogens is 1.